The van der Waals surface area contributed by atoms with E-state index >= 15 is 0 Å². The number of aromatic nitrogens is 1. The van der Waals surface area contributed by atoms with Crippen LogP contribution in [0.25, 0.3) is 10.8 Å². The van der Waals surface area contributed by atoms with E-state index in [1.807, 2.05) is 37.3 Å². The molecule has 0 spiro atoms. The first-order valence-electron chi connectivity index (χ1n) is 19.2. The van der Waals surface area contributed by atoms with E-state index < -0.39 is 75.0 Å². The van der Waals surface area contributed by atoms with Gasteiger partial charge in [-0.1, -0.05) is 38.3 Å². The Morgan fingerprint density at radius 1 is 1.11 bits per heavy atom. The van der Waals surface area contributed by atoms with Gasteiger partial charge in [0.25, 0.3) is 5.91 Å². The van der Waals surface area contributed by atoms with Crippen molar-refractivity contribution in [1.82, 2.24) is 25.2 Å². The standard InChI is InChI=1S/C39H53N5O10S/c1-6-17-38(18-19-38)54-55(49,50)43-35(47)39-23-26(39)12-10-8-7-9-11-13-30(41-36(48)53-37(2,3)4)34(46)44-24-28(22-31(44)32(45)42-39)52-33-29-15-14-27(51-5)21-25(29)16-20-40-33/h10,12,14-16,20-21,26,28,30-31H,6-9,11,13,17-19,22-24H2,1-5H3,(H,41,48)(H,42,45)(H,43,47)/b12-10-/t26-,28-,30+,31+,39-/m1/s1. The Bertz CT molecular complexity index is 1930. The first kappa shape index (κ1) is 40.2. The van der Waals surface area contributed by atoms with Gasteiger partial charge in [0, 0.05) is 23.9 Å². The van der Waals surface area contributed by atoms with Crippen LogP contribution in [-0.4, -0.2) is 90.7 Å². The highest BCUT2D eigenvalue weighted by atomic mass is 32.2. The molecule has 2 aliphatic heterocycles. The molecule has 2 aromatic rings. The van der Waals surface area contributed by atoms with Crippen molar-refractivity contribution in [3.05, 3.63) is 42.6 Å². The van der Waals surface area contributed by atoms with Gasteiger partial charge in [0.05, 0.1) is 19.3 Å². The zero-order valence-electron chi connectivity index (χ0n) is 32.2. The molecule has 4 amide bonds. The molecule has 6 rings (SSSR count). The molecule has 5 atom stereocenters. The van der Waals surface area contributed by atoms with Crippen molar-refractivity contribution in [3.63, 3.8) is 0 Å². The minimum absolute atomic E-state index is 0.0259. The molecular formula is C39H53N5O10S. The summed E-state index contributed by atoms with van der Waals surface area (Å²) in [6, 6.07) is 5.11. The molecule has 16 heteroatoms. The summed E-state index contributed by atoms with van der Waals surface area (Å²) in [6.07, 6.45) is 9.59. The summed E-state index contributed by atoms with van der Waals surface area (Å²) in [5.74, 6) is -1.60. The summed E-state index contributed by atoms with van der Waals surface area (Å²) in [7, 11) is -2.92. The first-order chi connectivity index (χ1) is 26.1. The molecule has 2 saturated carbocycles. The average Bonchev–Trinajstić information content (AvgIpc) is 3.98. The SMILES string of the molecule is CCCC1(OS(=O)(=O)NC(=O)[C@@]23C[C@H]2/C=C\CCCCC[C@H](NC(=O)OC(C)(C)C)C(=O)N2C[C@H](Oc4nccc5cc(OC)ccc45)C[C@H]2C(=O)N3)CC1. The van der Waals surface area contributed by atoms with Crippen LogP contribution < -0.4 is 24.8 Å². The lowest BCUT2D eigenvalue weighted by Gasteiger charge is -2.30. The third-order valence-electron chi connectivity index (χ3n) is 10.6. The van der Waals surface area contributed by atoms with E-state index in [2.05, 4.69) is 20.3 Å². The van der Waals surface area contributed by atoms with Crippen molar-refractivity contribution < 1.29 is 46.0 Å². The molecule has 2 aliphatic carbocycles. The Morgan fingerprint density at radius 2 is 1.89 bits per heavy atom. The maximum absolute atomic E-state index is 14.5. The summed E-state index contributed by atoms with van der Waals surface area (Å²) in [4.78, 5) is 61.6. The van der Waals surface area contributed by atoms with Gasteiger partial charge in [0.1, 0.15) is 35.1 Å². The van der Waals surface area contributed by atoms with Gasteiger partial charge < -0.3 is 29.7 Å². The van der Waals surface area contributed by atoms with Gasteiger partial charge in [-0.05, 0) is 95.4 Å². The van der Waals surface area contributed by atoms with Crippen LogP contribution in [0.1, 0.15) is 98.3 Å². The number of allylic oxidation sites excluding steroid dienone is 1. The summed E-state index contributed by atoms with van der Waals surface area (Å²) in [6.45, 7) is 7.08. The number of fused-ring (bicyclic) bond motifs is 3. The summed E-state index contributed by atoms with van der Waals surface area (Å²) in [5, 5.41) is 7.11. The number of methoxy groups -OCH3 is 1. The normalized spacial score (nSPS) is 27.3. The maximum atomic E-state index is 14.5. The number of rotatable bonds is 10. The van der Waals surface area contributed by atoms with Crippen molar-refractivity contribution in [2.45, 2.75) is 133 Å². The number of amides is 4. The number of carbonyl (C=O) groups is 4. The van der Waals surface area contributed by atoms with Gasteiger partial charge in [-0.15, -0.1) is 0 Å². The summed E-state index contributed by atoms with van der Waals surface area (Å²) in [5.41, 5.74) is -3.22. The van der Waals surface area contributed by atoms with Gasteiger partial charge in [0.15, 0.2) is 0 Å². The molecule has 3 heterocycles. The lowest BCUT2D eigenvalue weighted by atomic mass is 10.0. The van der Waals surface area contributed by atoms with Gasteiger partial charge in [-0.25, -0.2) is 18.7 Å². The van der Waals surface area contributed by atoms with Gasteiger partial charge in [-0.2, -0.15) is 8.42 Å². The minimum atomic E-state index is -4.49. The molecule has 55 heavy (non-hydrogen) atoms. The Hall–Kier alpha value is -4.44. The molecule has 0 bridgehead atoms. The van der Waals surface area contributed by atoms with Crippen LogP contribution in [0.4, 0.5) is 4.79 Å². The van der Waals surface area contributed by atoms with Crippen molar-refractivity contribution in [3.8, 4) is 11.6 Å². The highest BCUT2D eigenvalue weighted by molar-refractivity contribution is 7.85. The number of carbonyl (C=O) groups excluding carboxylic acids is 4. The second-order valence-corrected chi connectivity index (χ2v) is 17.4. The van der Waals surface area contributed by atoms with E-state index in [0.29, 0.717) is 55.5 Å². The summed E-state index contributed by atoms with van der Waals surface area (Å²) < 4.78 is 51.1. The molecule has 3 N–H and O–H groups in total. The monoisotopic (exact) mass is 783 g/mol. The van der Waals surface area contributed by atoms with E-state index in [9.17, 15) is 27.6 Å². The van der Waals surface area contributed by atoms with Gasteiger partial charge >= 0.3 is 16.4 Å². The minimum Gasteiger partial charge on any atom is -0.497 e. The molecule has 0 unspecified atom stereocenters. The van der Waals surface area contributed by atoms with Crippen LogP contribution in [0.3, 0.4) is 0 Å². The second kappa shape index (κ2) is 16.0. The Kier molecular flexibility index (Phi) is 11.7. The van der Waals surface area contributed by atoms with Gasteiger partial charge in [-0.3, -0.25) is 14.4 Å². The van der Waals surface area contributed by atoms with Crippen LogP contribution in [0.2, 0.25) is 0 Å². The zero-order chi connectivity index (χ0) is 39.6. The second-order valence-electron chi connectivity index (χ2n) is 16.1. The fraction of sp³-hybridized carbons (Fsp3) is 0.615. The zero-order valence-corrected chi connectivity index (χ0v) is 33.0. The number of hydrogen-bond acceptors (Lipinski definition) is 11. The van der Waals surface area contributed by atoms with E-state index in [4.69, 9.17) is 18.4 Å². The van der Waals surface area contributed by atoms with Gasteiger partial charge in [0.2, 0.25) is 17.7 Å². The number of alkyl carbamates (subject to hydrolysis) is 1. The van der Waals surface area contributed by atoms with Crippen LogP contribution in [0, 0.1) is 5.92 Å². The largest absolute Gasteiger partial charge is 0.497 e. The van der Waals surface area contributed by atoms with E-state index in [1.165, 1.54) is 4.90 Å². The van der Waals surface area contributed by atoms with Crippen LogP contribution >= 0.6 is 0 Å². The van der Waals surface area contributed by atoms with Crippen molar-refractivity contribution >= 4 is 44.9 Å². The van der Waals surface area contributed by atoms with E-state index in [1.54, 1.807) is 40.1 Å². The molecule has 1 aromatic heterocycles. The number of nitrogens with one attached hydrogen (secondary N) is 3. The lowest BCUT2D eigenvalue weighted by molar-refractivity contribution is -0.141. The third kappa shape index (κ3) is 9.69. The van der Waals surface area contributed by atoms with Crippen molar-refractivity contribution in [1.29, 1.82) is 0 Å². The third-order valence-corrected chi connectivity index (χ3v) is 11.6. The Labute approximate surface area is 322 Å². The number of benzene rings is 1. The molecule has 1 aromatic carbocycles. The van der Waals surface area contributed by atoms with Crippen molar-refractivity contribution in [2.24, 2.45) is 5.92 Å². The highest BCUT2D eigenvalue weighted by Crippen LogP contribution is 2.47. The smallest absolute Gasteiger partial charge is 0.408 e. The van der Waals surface area contributed by atoms with E-state index in [0.717, 1.165) is 24.6 Å². The van der Waals surface area contributed by atoms with Crippen LogP contribution in [0.15, 0.2) is 42.6 Å². The lowest BCUT2D eigenvalue weighted by Crippen LogP contribution is -2.58. The predicted octanol–water partition coefficient (Wildman–Crippen LogP) is 4.59. The number of hydrogen-bond donors (Lipinski definition) is 3. The van der Waals surface area contributed by atoms with Crippen molar-refractivity contribution in [2.75, 3.05) is 13.7 Å². The first-order valence-corrected chi connectivity index (χ1v) is 20.6. The molecule has 3 fully saturated rings. The van der Waals surface area contributed by atoms with Crippen LogP contribution in [-0.2, 0) is 33.6 Å². The highest BCUT2D eigenvalue weighted by Gasteiger charge is 2.62. The molecular weight excluding hydrogens is 731 g/mol. The Morgan fingerprint density at radius 3 is 2.60 bits per heavy atom. The summed E-state index contributed by atoms with van der Waals surface area (Å²) >= 11 is 0. The fourth-order valence-electron chi connectivity index (χ4n) is 7.55. The molecule has 4 aliphatic rings. The van der Waals surface area contributed by atoms with E-state index in [-0.39, 0.29) is 19.4 Å². The van der Waals surface area contributed by atoms with Crippen LogP contribution in [0.5, 0.6) is 11.6 Å². The quantitative estimate of drug-likeness (QED) is 0.286. The molecule has 1 saturated heterocycles. The average molecular weight is 784 g/mol. The Balaban J connectivity index is 1.29. The maximum Gasteiger partial charge on any atom is 0.408 e. The molecule has 0 radical (unpaired) electrons. The number of nitrogens with zero attached hydrogens (tertiary/aromatic N) is 2. The topological polar surface area (TPSA) is 192 Å². The molecule has 300 valence electrons. The number of pyridine rings is 1. The fourth-order valence-corrected chi connectivity index (χ4v) is 8.72. The number of ether oxygens (including phenoxy) is 3. The molecule has 15 nitrogen and oxygen atoms in total. The predicted molar refractivity (Wildman–Crippen MR) is 202 cm³/mol.